The summed E-state index contributed by atoms with van der Waals surface area (Å²) in [5.41, 5.74) is 3.84. The van der Waals surface area contributed by atoms with Crippen LogP contribution in [0.5, 0.6) is 5.75 Å². The summed E-state index contributed by atoms with van der Waals surface area (Å²) in [5.74, 6) is 0.780. The lowest BCUT2D eigenvalue weighted by atomic mass is 10.1. The van der Waals surface area contributed by atoms with Crippen molar-refractivity contribution in [1.29, 1.82) is 0 Å². The van der Waals surface area contributed by atoms with Crippen LogP contribution in [0.3, 0.4) is 0 Å². The molecule has 2 heterocycles. The van der Waals surface area contributed by atoms with Crippen molar-refractivity contribution in [3.63, 3.8) is 0 Å². The van der Waals surface area contributed by atoms with Gasteiger partial charge in [0.05, 0.1) is 25.5 Å². The van der Waals surface area contributed by atoms with E-state index < -0.39 is 0 Å². The first-order valence-corrected chi connectivity index (χ1v) is 8.79. The van der Waals surface area contributed by atoms with Crippen LogP contribution in [-0.2, 0) is 6.54 Å². The fourth-order valence-electron chi connectivity index (χ4n) is 2.84. The largest absolute Gasteiger partial charge is 0.497 e. The minimum atomic E-state index is -0.0139. The highest BCUT2D eigenvalue weighted by Gasteiger charge is 2.12. The van der Waals surface area contributed by atoms with Crippen LogP contribution < -0.4 is 10.3 Å². The van der Waals surface area contributed by atoms with Crippen LogP contribution >= 0.6 is 11.3 Å². The molecule has 0 spiro atoms. The van der Waals surface area contributed by atoms with Crippen molar-refractivity contribution >= 4 is 21.6 Å². The smallest absolute Gasteiger partial charge is 0.271 e. The molecule has 0 fully saturated rings. The van der Waals surface area contributed by atoms with Crippen molar-refractivity contribution in [3.8, 4) is 16.9 Å². The van der Waals surface area contributed by atoms with Crippen LogP contribution in [0.15, 0.2) is 71.1 Å². The number of hydrogen-bond donors (Lipinski definition) is 0. The quantitative estimate of drug-likeness (QED) is 0.556. The summed E-state index contributed by atoms with van der Waals surface area (Å²) in [6.45, 7) is 0.470. The number of fused-ring (bicyclic) bond motifs is 1. The maximum Gasteiger partial charge on any atom is 0.271 e. The van der Waals surface area contributed by atoms with Crippen LogP contribution in [0.2, 0.25) is 0 Å². The van der Waals surface area contributed by atoms with Gasteiger partial charge in [-0.05, 0) is 23.3 Å². The molecule has 0 N–H and O–H groups in total. The molecule has 0 atom stereocenters. The normalized spacial score (nSPS) is 10.9. The maximum atomic E-state index is 12.8. The van der Waals surface area contributed by atoms with Crippen molar-refractivity contribution in [3.05, 3.63) is 82.2 Å². The first kappa shape index (κ1) is 15.6. The van der Waals surface area contributed by atoms with Gasteiger partial charge in [0.25, 0.3) is 5.56 Å². The lowest BCUT2D eigenvalue weighted by Gasteiger charge is -2.07. The average Bonchev–Trinajstić information content (AvgIpc) is 3.10. The van der Waals surface area contributed by atoms with E-state index >= 15 is 0 Å². The van der Waals surface area contributed by atoms with Gasteiger partial charge in [-0.15, -0.1) is 11.3 Å². The number of hydrogen-bond acceptors (Lipinski definition) is 4. The number of benzene rings is 2. The van der Waals surface area contributed by atoms with Gasteiger partial charge in [-0.25, -0.2) is 4.98 Å². The summed E-state index contributed by atoms with van der Waals surface area (Å²) >= 11 is 1.45. The lowest BCUT2D eigenvalue weighted by molar-refractivity contribution is 0.414. The third kappa shape index (κ3) is 2.94. The molecular formula is C20H16N2O2S. The molecule has 124 valence electrons. The predicted molar refractivity (Wildman–Crippen MR) is 101 cm³/mol. The van der Waals surface area contributed by atoms with Crippen molar-refractivity contribution in [1.82, 2.24) is 9.55 Å². The number of methoxy groups -OCH3 is 1. The molecule has 5 heteroatoms. The average molecular weight is 348 g/mol. The molecule has 0 aliphatic carbocycles. The molecule has 0 aliphatic heterocycles. The van der Waals surface area contributed by atoms with Gasteiger partial charge in [0.1, 0.15) is 10.4 Å². The van der Waals surface area contributed by atoms with Crippen LogP contribution in [0, 0.1) is 0 Å². The van der Waals surface area contributed by atoms with E-state index in [0.717, 1.165) is 28.0 Å². The molecule has 25 heavy (non-hydrogen) atoms. The molecule has 0 amide bonds. The molecule has 0 bridgehead atoms. The molecule has 0 saturated heterocycles. The highest BCUT2D eigenvalue weighted by Crippen LogP contribution is 2.30. The number of nitrogens with zero attached hydrogens (tertiary/aromatic N) is 2. The Hall–Kier alpha value is -2.92. The van der Waals surface area contributed by atoms with Crippen molar-refractivity contribution in [2.45, 2.75) is 6.54 Å². The second kappa shape index (κ2) is 6.53. The zero-order valence-electron chi connectivity index (χ0n) is 13.7. The Bertz CT molecular complexity index is 1080. The molecule has 4 rings (SSSR count). The predicted octanol–water partition coefficient (Wildman–Crippen LogP) is 4.18. The zero-order valence-corrected chi connectivity index (χ0v) is 14.5. The summed E-state index contributed by atoms with van der Waals surface area (Å²) in [4.78, 5) is 17.4. The fraction of sp³-hybridized carbons (Fsp3) is 0.100. The van der Waals surface area contributed by atoms with E-state index in [2.05, 4.69) is 4.98 Å². The van der Waals surface area contributed by atoms with E-state index in [4.69, 9.17) is 4.74 Å². The second-order valence-electron chi connectivity index (χ2n) is 5.72. The van der Waals surface area contributed by atoms with Gasteiger partial charge >= 0.3 is 0 Å². The minimum Gasteiger partial charge on any atom is -0.497 e. The van der Waals surface area contributed by atoms with Gasteiger partial charge in [-0.1, -0.05) is 42.5 Å². The third-order valence-corrected chi connectivity index (χ3v) is 5.08. The monoisotopic (exact) mass is 348 g/mol. The fourth-order valence-corrected chi connectivity index (χ4v) is 3.82. The second-order valence-corrected chi connectivity index (χ2v) is 6.60. The standard InChI is InChI=1S/C20H16N2O2S/c1-24-16-9-5-6-14(10-16)11-22-13-21-18-17(12-25-19(18)20(22)23)15-7-3-2-4-8-15/h2-10,12-13H,11H2,1H3. The van der Waals surface area contributed by atoms with Crippen LogP contribution in [0.25, 0.3) is 21.3 Å². The summed E-state index contributed by atoms with van der Waals surface area (Å²) < 4.78 is 7.57. The number of ether oxygens (including phenoxy) is 1. The van der Waals surface area contributed by atoms with E-state index in [0.29, 0.717) is 11.2 Å². The summed E-state index contributed by atoms with van der Waals surface area (Å²) in [6, 6.07) is 17.7. The molecule has 2 aromatic heterocycles. The number of aromatic nitrogens is 2. The third-order valence-electron chi connectivity index (χ3n) is 4.12. The van der Waals surface area contributed by atoms with Gasteiger partial charge < -0.3 is 4.74 Å². The summed E-state index contributed by atoms with van der Waals surface area (Å²) in [6.07, 6.45) is 1.63. The van der Waals surface area contributed by atoms with Crippen LogP contribution in [0.4, 0.5) is 0 Å². The molecule has 4 aromatic rings. The van der Waals surface area contributed by atoms with E-state index in [9.17, 15) is 4.79 Å². The van der Waals surface area contributed by atoms with Crippen molar-refractivity contribution < 1.29 is 4.74 Å². The SMILES string of the molecule is COc1cccc(Cn2cnc3c(-c4ccccc4)csc3c2=O)c1. The Balaban J connectivity index is 1.75. The van der Waals surface area contributed by atoms with Gasteiger partial charge in [0.15, 0.2) is 0 Å². The molecule has 0 radical (unpaired) electrons. The van der Waals surface area contributed by atoms with E-state index in [1.807, 2.05) is 60.0 Å². The van der Waals surface area contributed by atoms with Gasteiger partial charge in [-0.3, -0.25) is 9.36 Å². The molecular weight excluding hydrogens is 332 g/mol. The molecule has 0 unspecified atom stereocenters. The van der Waals surface area contributed by atoms with E-state index in [1.165, 1.54) is 11.3 Å². The van der Waals surface area contributed by atoms with Crippen LogP contribution in [-0.4, -0.2) is 16.7 Å². The van der Waals surface area contributed by atoms with E-state index in [1.54, 1.807) is 18.0 Å². The Morgan fingerprint density at radius 2 is 1.96 bits per heavy atom. The van der Waals surface area contributed by atoms with Gasteiger partial charge in [-0.2, -0.15) is 0 Å². The first-order chi connectivity index (χ1) is 12.3. The Morgan fingerprint density at radius 3 is 2.76 bits per heavy atom. The summed E-state index contributed by atoms with van der Waals surface area (Å²) in [7, 11) is 1.63. The van der Waals surface area contributed by atoms with Gasteiger partial charge in [0, 0.05) is 10.9 Å². The minimum absolute atomic E-state index is 0.0139. The molecule has 0 aliphatic rings. The highest BCUT2D eigenvalue weighted by molar-refractivity contribution is 7.17. The molecule has 2 aromatic carbocycles. The first-order valence-electron chi connectivity index (χ1n) is 7.91. The van der Waals surface area contributed by atoms with Crippen molar-refractivity contribution in [2.75, 3.05) is 7.11 Å². The zero-order chi connectivity index (χ0) is 17.2. The highest BCUT2D eigenvalue weighted by atomic mass is 32.1. The Kier molecular flexibility index (Phi) is 4.07. The molecule has 0 saturated carbocycles. The maximum absolute atomic E-state index is 12.8. The topological polar surface area (TPSA) is 44.1 Å². The number of thiophene rings is 1. The lowest BCUT2D eigenvalue weighted by Crippen LogP contribution is -2.20. The Morgan fingerprint density at radius 1 is 1.12 bits per heavy atom. The van der Waals surface area contributed by atoms with Gasteiger partial charge in [0.2, 0.25) is 0 Å². The number of rotatable bonds is 4. The molecule has 4 nitrogen and oxygen atoms in total. The van der Waals surface area contributed by atoms with Crippen LogP contribution in [0.1, 0.15) is 5.56 Å². The van der Waals surface area contributed by atoms with E-state index in [-0.39, 0.29) is 5.56 Å². The van der Waals surface area contributed by atoms with Crippen molar-refractivity contribution in [2.24, 2.45) is 0 Å². The summed E-state index contributed by atoms with van der Waals surface area (Å²) in [5, 5.41) is 2.00. The Labute approximate surface area is 149 Å².